The predicted octanol–water partition coefficient (Wildman–Crippen LogP) is 3.79. The Balaban J connectivity index is 0.00000264. The van der Waals surface area contributed by atoms with Crippen LogP contribution in [0.15, 0.2) is 54.6 Å². The van der Waals surface area contributed by atoms with Gasteiger partial charge in [0.15, 0.2) is 0 Å². The van der Waals surface area contributed by atoms with Crippen LogP contribution < -0.4 is 5.32 Å². The molecule has 23 heavy (non-hydrogen) atoms. The quantitative estimate of drug-likeness (QED) is 0.871. The minimum absolute atomic E-state index is 0. The molecule has 122 valence electrons. The molecule has 1 atom stereocenters. The lowest BCUT2D eigenvalue weighted by Gasteiger charge is -2.14. The second-order valence-corrected chi connectivity index (χ2v) is 4.85. The van der Waals surface area contributed by atoms with Crippen LogP contribution in [0.3, 0.4) is 0 Å². The van der Waals surface area contributed by atoms with Gasteiger partial charge in [0.25, 0.3) is 0 Å². The number of rotatable bonds is 5. The van der Waals surface area contributed by atoms with Gasteiger partial charge in [0.1, 0.15) is 6.61 Å². The Bertz CT molecular complexity index is 643. The van der Waals surface area contributed by atoms with E-state index in [0.29, 0.717) is 0 Å². The second-order valence-electron chi connectivity index (χ2n) is 4.85. The van der Waals surface area contributed by atoms with Gasteiger partial charge >= 0.3 is 12.1 Å². The Morgan fingerprint density at radius 2 is 1.70 bits per heavy atom. The van der Waals surface area contributed by atoms with Crippen molar-refractivity contribution in [2.45, 2.75) is 19.6 Å². The number of alkyl carbamates (subject to hydrolysis) is 1. The lowest BCUT2D eigenvalue weighted by Crippen LogP contribution is -2.27. The van der Waals surface area contributed by atoms with E-state index in [9.17, 15) is 9.59 Å². The zero-order chi connectivity index (χ0) is 15.9. The minimum Gasteiger partial charge on any atom is -0.478 e. The van der Waals surface area contributed by atoms with Gasteiger partial charge < -0.3 is 15.2 Å². The van der Waals surface area contributed by atoms with E-state index >= 15 is 0 Å². The third-order valence-electron chi connectivity index (χ3n) is 3.20. The molecule has 0 aromatic heterocycles. The van der Waals surface area contributed by atoms with Crippen molar-refractivity contribution in [2.75, 3.05) is 0 Å². The summed E-state index contributed by atoms with van der Waals surface area (Å²) in [6.07, 6.45) is -0.515. The first-order chi connectivity index (χ1) is 10.6. The molecular weight excluding hydrogens is 318 g/mol. The molecule has 0 saturated heterocycles. The Labute approximate surface area is 140 Å². The number of halogens is 1. The van der Waals surface area contributed by atoms with Gasteiger partial charge in [0.05, 0.1) is 11.6 Å². The number of hydrogen-bond acceptors (Lipinski definition) is 3. The zero-order valence-corrected chi connectivity index (χ0v) is 13.4. The highest BCUT2D eigenvalue weighted by Gasteiger charge is 2.11. The highest BCUT2D eigenvalue weighted by atomic mass is 35.5. The number of ether oxygens (including phenoxy) is 1. The van der Waals surface area contributed by atoms with Crippen molar-refractivity contribution in [2.24, 2.45) is 0 Å². The van der Waals surface area contributed by atoms with Crippen molar-refractivity contribution in [3.8, 4) is 0 Å². The fourth-order valence-electron chi connectivity index (χ4n) is 1.94. The molecule has 2 rings (SSSR count). The molecule has 0 spiro atoms. The number of carboxylic acid groups (broad SMARTS) is 1. The molecule has 1 amide bonds. The third kappa shape index (κ3) is 5.64. The summed E-state index contributed by atoms with van der Waals surface area (Å²) in [6.45, 7) is 2.01. The molecule has 0 fully saturated rings. The number of benzene rings is 2. The molecule has 5 nitrogen and oxygen atoms in total. The molecule has 2 aromatic carbocycles. The van der Waals surface area contributed by atoms with E-state index in [0.717, 1.165) is 11.1 Å². The van der Waals surface area contributed by atoms with Gasteiger partial charge in [-0.2, -0.15) is 0 Å². The van der Waals surface area contributed by atoms with Crippen molar-refractivity contribution in [3.05, 3.63) is 71.3 Å². The SMILES string of the molecule is CC(NC(=O)OCc1ccccc1)c1ccc(C(=O)O)cc1.Cl. The topological polar surface area (TPSA) is 75.6 Å². The van der Waals surface area contributed by atoms with Crippen molar-refractivity contribution >= 4 is 24.5 Å². The molecule has 0 aliphatic heterocycles. The summed E-state index contributed by atoms with van der Waals surface area (Å²) in [4.78, 5) is 22.5. The summed E-state index contributed by atoms with van der Waals surface area (Å²) in [6, 6.07) is 15.5. The smallest absolute Gasteiger partial charge is 0.407 e. The van der Waals surface area contributed by atoms with E-state index in [-0.39, 0.29) is 30.6 Å². The third-order valence-corrected chi connectivity index (χ3v) is 3.20. The number of carbonyl (C=O) groups is 2. The minimum atomic E-state index is -0.977. The van der Waals surface area contributed by atoms with Crippen LogP contribution in [0.5, 0.6) is 0 Å². The van der Waals surface area contributed by atoms with Crippen LogP contribution in [0.2, 0.25) is 0 Å². The van der Waals surface area contributed by atoms with E-state index < -0.39 is 12.1 Å². The van der Waals surface area contributed by atoms with Gasteiger partial charge in [0.2, 0.25) is 0 Å². The van der Waals surface area contributed by atoms with Gasteiger partial charge in [-0.15, -0.1) is 12.4 Å². The first kappa shape index (κ1) is 18.5. The summed E-state index contributed by atoms with van der Waals surface area (Å²) in [5.74, 6) is -0.977. The largest absolute Gasteiger partial charge is 0.478 e. The molecule has 1 unspecified atom stereocenters. The number of hydrogen-bond donors (Lipinski definition) is 2. The average Bonchev–Trinajstić information content (AvgIpc) is 2.54. The van der Waals surface area contributed by atoms with Crippen molar-refractivity contribution < 1.29 is 19.4 Å². The maximum absolute atomic E-state index is 11.7. The van der Waals surface area contributed by atoms with Gasteiger partial charge in [-0.1, -0.05) is 42.5 Å². The predicted molar refractivity (Wildman–Crippen MR) is 88.8 cm³/mol. The maximum Gasteiger partial charge on any atom is 0.407 e. The molecule has 0 radical (unpaired) electrons. The van der Waals surface area contributed by atoms with E-state index in [1.807, 2.05) is 30.3 Å². The first-order valence-electron chi connectivity index (χ1n) is 6.86. The Hall–Kier alpha value is -2.53. The molecule has 0 aliphatic rings. The number of aromatic carboxylic acids is 1. The number of nitrogens with one attached hydrogen (secondary N) is 1. The Kier molecular flexibility index (Phi) is 7.09. The molecule has 0 aliphatic carbocycles. The average molecular weight is 336 g/mol. The Morgan fingerprint density at radius 1 is 1.09 bits per heavy atom. The lowest BCUT2D eigenvalue weighted by molar-refractivity contribution is 0.0696. The normalized spacial score (nSPS) is 11.0. The van der Waals surface area contributed by atoms with Gasteiger partial charge in [0, 0.05) is 0 Å². The van der Waals surface area contributed by atoms with E-state index in [4.69, 9.17) is 9.84 Å². The molecule has 2 aromatic rings. The summed E-state index contributed by atoms with van der Waals surface area (Å²) in [7, 11) is 0. The fourth-order valence-corrected chi connectivity index (χ4v) is 1.94. The number of carbonyl (C=O) groups excluding carboxylic acids is 1. The van der Waals surface area contributed by atoms with Gasteiger partial charge in [-0.3, -0.25) is 0 Å². The van der Waals surface area contributed by atoms with Crippen molar-refractivity contribution in [1.29, 1.82) is 0 Å². The summed E-state index contributed by atoms with van der Waals surface area (Å²) < 4.78 is 5.14. The van der Waals surface area contributed by atoms with Gasteiger partial charge in [-0.25, -0.2) is 9.59 Å². The summed E-state index contributed by atoms with van der Waals surface area (Å²) in [5.41, 5.74) is 1.93. The van der Waals surface area contributed by atoms with Crippen molar-refractivity contribution in [1.82, 2.24) is 5.32 Å². The standard InChI is InChI=1S/C17H17NO4.ClH/c1-12(14-7-9-15(10-8-14)16(19)20)18-17(21)22-11-13-5-3-2-4-6-13;/h2-10,12H,11H2,1H3,(H,18,21)(H,19,20);1H. The highest BCUT2D eigenvalue weighted by molar-refractivity contribution is 5.87. The summed E-state index contributed by atoms with van der Waals surface area (Å²) >= 11 is 0. The van der Waals surface area contributed by atoms with Crippen LogP contribution in [-0.2, 0) is 11.3 Å². The summed E-state index contributed by atoms with van der Waals surface area (Å²) in [5, 5.41) is 11.6. The molecular formula is C17H18ClNO4. The Morgan fingerprint density at radius 3 is 2.26 bits per heavy atom. The molecule has 2 N–H and O–H groups in total. The number of amides is 1. The van der Waals surface area contributed by atoms with Crippen LogP contribution in [0.4, 0.5) is 4.79 Å². The second kappa shape index (κ2) is 8.80. The fraction of sp³-hybridized carbons (Fsp3) is 0.176. The van der Waals surface area contributed by atoms with E-state index in [1.165, 1.54) is 12.1 Å². The lowest BCUT2D eigenvalue weighted by atomic mass is 10.1. The van der Waals surface area contributed by atoms with Crippen LogP contribution >= 0.6 is 12.4 Å². The van der Waals surface area contributed by atoms with E-state index in [1.54, 1.807) is 19.1 Å². The van der Waals surface area contributed by atoms with Crippen LogP contribution in [0.1, 0.15) is 34.5 Å². The maximum atomic E-state index is 11.7. The number of carboxylic acids is 1. The van der Waals surface area contributed by atoms with Crippen LogP contribution in [-0.4, -0.2) is 17.2 Å². The monoisotopic (exact) mass is 335 g/mol. The molecule has 0 bridgehead atoms. The highest BCUT2D eigenvalue weighted by Crippen LogP contribution is 2.14. The van der Waals surface area contributed by atoms with Crippen LogP contribution in [0.25, 0.3) is 0 Å². The van der Waals surface area contributed by atoms with Gasteiger partial charge in [-0.05, 0) is 30.2 Å². The molecule has 0 heterocycles. The van der Waals surface area contributed by atoms with Crippen LogP contribution in [0, 0.1) is 0 Å². The first-order valence-corrected chi connectivity index (χ1v) is 6.86. The zero-order valence-electron chi connectivity index (χ0n) is 12.6. The molecule has 6 heteroatoms. The molecule has 0 saturated carbocycles. The van der Waals surface area contributed by atoms with E-state index in [2.05, 4.69) is 5.32 Å². The van der Waals surface area contributed by atoms with Crippen molar-refractivity contribution in [3.63, 3.8) is 0 Å².